The van der Waals surface area contributed by atoms with Gasteiger partial charge in [0.2, 0.25) is 5.82 Å². The Hall–Kier alpha value is -3.23. The molecule has 0 saturated heterocycles. The van der Waals surface area contributed by atoms with Crippen LogP contribution in [0.15, 0.2) is 40.7 Å². The Morgan fingerprint density at radius 2 is 1.67 bits per heavy atom. The van der Waals surface area contributed by atoms with Crippen molar-refractivity contribution in [1.82, 2.24) is 5.32 Å². The molecule has 3 N–H and O–H groups in total. The van der Waals surface area contributed by atoms with Crippen molar-refractivity contribution in [2.75, 3.05) is 0 Å². The van der Waals surface area contributed by atoms with Crippen LogP contribution in [0.25, 0.3) is 0 Å². The van der Waals surface area contributed by atoms with Gasteiger partial charge in [-0.1, -0.05) is 12.1 Å². The van der Waals surface area contributed by atoms with E-state index in [2.05, 4.69) is 5.32 Å². The van der Waals surface area contributed by atoms with Crippen LogP contribution in [0, 0.1) is 15.9 Å². The molecule has 1 heterocycles. The van der Waals surface area contributed by atoms with Crippen LogP contribution in [0.4, 0.5) is 10.1 Å². The van der Waals surface area contributed by atoms with Gasteiger partial charge < -0.3 is 15.5 Å². The summed E-state index contributed by atoms with van der Waals surface area (Å²) in [7, 11) is 0. The zero-order valence-corrected chi connectivity index (χ0v) is 12.7. The maximum Gasteiger partial charge on any atom is 0.334 e. The quantitative estimate of drug-likeness (QED) is 0.567. The molecule has 126 valence electrons. The third kappa shape index (κ3) is 2.71. The minimum absolute atomic E-state index is 0.140. The fourth-order valence-electron chi connectivity index (χ4n) is 2.77. The van der Waals surface area contributed by atoms with Crippen LogP contribution in [0.2, 0.25) is 0 Å². The Morgan fingerprint density at radius 3 is 2.08 bits per heavy atom. The van der Waals surface area contributed by atoms with E-state index in [-0.39, 0.29) is 28.1 Å². The number of hydrogen-bond donors (Lipinski definition) is 3. The second-order valence-corrected chi connectivity index (χ2v) is 5.18. The van der Waals surface area contributed by atoms with Crippen molar-refractivity contribution in [1.29, 1.82) is 0 Å². The van der Waals surface area contributed by atoms with Gasteiger partial charge in [0, 0.05) is 23.0 Å². The highest BCUT2D eigenvalue weighted by Gasteiger charge is 2.39. The summed E-state index contributed by atoms with van der Waals surface area (Å²) >= 11 is 0. The topological polar surface area (TPSA) is 130 Å². The zero-order chi connectivity index (χ0) is 18.2. The molecular weight excluding hydrogens is 323 g/mol. The van der Waals surface area contributed by atoms with Gasteiger partial charge in [0.25, 0.3) is 0 Å². The van der Waals surface area contributed by atoms with E-state index in [0.717, 1.165) is 12.1 Å². The van der Waals surface area contributed by atoms with E-state index in [0.29, 0.717) is 0 Å². The first-order valence-corrected chi connectivity index (χ1v) is 6.74. The van der Waals surface area contributed by atoms with E-state index in [4.69, 9.17) is 0 Å². The number of carboxylic acids is 2. The van der Waals surface area contributed by atoms with Gasteiger partial charge in [0.1, 0.15) is 0 Å². The summed E-state index contributed by atoms with van der Waals surface area (Å²) in [6.45, 7) is 2.82. The SMILES string of the molecule is CC1=C(C(=O)O)C(c2cccc([N+](=O)[O-])c2F)C(C(=O)O)=C(C)N1. The van der Waals surface area contributed by atoms with Crippen molar-refractivity contribution in [3.63, 3.8) is 0 Å². The summed E-state index contributed by atoms with van der Waals surface area (Å²) < 4.78 is 14.5. The third-order valence-corrected chi connectivity index (χ3v) is 3.74. The van der Waals surface area contributed by atoms with Gasteiger partial charge in [-0.3, -0.25) is 10.1 Å². The molecule has 8 nitrogen and oxygen atoms in total. The molecule has 0 spiro atoms. The number of aliphatic carboxylic acids is 2. The van der Waals surface area contributed by atoms with Gasteiger partial charge in [0.05, 0.1) is 22.0 Å². The van der Waals surface area contributed by atoms with Gasteiger partial charge in [-0.25, -0.2) is 9.59 Å². The smallest absolute Gasteiger partial charge is 0.334 e. The normalized spacial score (nSPS) is 15.3. The second kappa shape index (κ2) is 6.11. The number of carbonyl (C=O) groups is 2. The van der Waals surface area contributed by atoms with Crippen molar-refractivity contribution in [2.24, 2.45) is 0 Å². The molecule has 0 amide bonds. The van der Waals surface area contributed by atoms with Crippen LogP contribution in [0.1, 0.15) is 25.3 Å². The lowest BCUT2D eigenvalue weighted by molar-refractivity contribution is -0.387. The number of rotatable bonds is 4. The van der Waals surface area contributed by atoms with Crippen molar-refractivity contribution in [3.05, 3.63) is 62.2 Å². The van der Waals surface area contributed by atoms with Crippen LogP contribution in [-0.2, 0) is 9.59 Å². The molecule has 0 unspecified atom stereocenters. The lowest BCUT2D eigenvalue weighted by Gasteiger charge is -2.28. The molecule has 1 aliphatic heterocycles. The first-order valence-electron chi connectivity index (χ1n) is 6.74. The Labute approximate surface area is 135 Å². The number of nitrogens with one attached hydrogen (secondary N) is 1. The van der Waals surface area contributed by atoms with Crippen molar-refractivity contribution in [3.8, 4) is 0 Å². The lowest BCUT2D eigenvalue weighted by atomic mass is 9.80. The standard InChI is InChI=1S/C15H13FN2O6/c1-6-10(14(19)20)12(11(15(21)22)7(2)17-6)8-4-3-5-9(13(8)16)18(23)24/h3-5,12,17H,1-2H3,(H,19,20)(H,21,22). The minimum atomic E-state index is -1.47. The molecule has 9 heteroatoms. The van der Waals surface area contributed by atoms with E-state index < -0.39 is 34.3 Å². The number of carboxylic acid groups (broad SMARTS) is 2. The number of nitro groups is 1. The number of nitro benzene ring substituents is 1. The van der Waals surface area contributed by atoms with Crippen molar-refractivity contribution < 1.29 is 29.1 Å². The maximum absolute atomic E-state index is 14.5. The Bertz CT molecular complexity index is 791. The first-order chi connectivity index (χ1) is 11.2. The number of hydrogen-bond acceptors (Lipinski definition) is 5. The van der Waals surface area contributed by atoms with E-state index in [9.17, 15) is 34.3 Å². The largest absolute Gasteiger partial charge is 0.478 e. The Kier molecular flexibility index (Phi) is 4.36. The molecule has 24 heavy (non-hydrogen) atoms. The van der Waals surface area contributed by atoms with E-state index in [1.807, 2.05) is 0 Å². The monoisotopic (exact) mass is 336 g/mol. The van der Waals surface area contributed by atoms with Gasteiger partial charge in [-0.15, -0.1) is 0 Å². The highest BCUT2D eigenvalue weighted by atomic mass is 19.1. The summed E-state index contributed by atoms with van der Waals surface area (Å²) in [5.74, 6) is -5.61. The van der Waals surface area contributed by atoms with E-state index >= 15 is 0 Å². The molecule has 1 aromatic carbocycles. The predicted octanol–water partition coefficient (Wildman–Crippen LogP) is 2.14. The van der Waals surface area contributed by atoms with Crippen molar-refractivity contribution in [2.45, 2.75) is 19.8 Å². The summed E-state index contributed by atoms with van der Waals surface area (Å²) in [6, 6.07) is 3.25. The summed E-state index contributed by atoms with van der Waals surface area (Å²) in [5.41, 5.74) is -1.70. The fourth-order valence-corrected chi connectivity index (χ4v) is 2.77. The number of halogens is 1. The molecule has 0 fully saturated rings. The second-order valence-electron chi connectivity index (χ2n) is 5.18. The number of dihydropyridines is 1. The van der Waals surface area contributed by atoms with Gasteiger partial charge in [0.15, 0.2) is 0 Å². The first kappa shape index (κ1) is 17.1. The number of nitrogens with zero attached hydrogens (tertiary/aromatic N) is 1. The molecule has 0 saturated carbocycles. The van der Waals surface area contributed by atoms with E-state index in [1.165, 1.54) is 19.9 Å². The Morgan fingerprint density at radius 1 is 1.17 bits per heavy atom. The van der Waals surface area contributed by atoms with E-state index in [1.54, 1.807) is 0 Å². The molecule has 2 rings (SSSR count). The average Bonchev–Trinajstić information content (AvgIpc) is 2.45. The minimum Gasteiger partial charge on any atom is -0.478 e. The summed E-state index contributed by atoms with van der Waals surface area (Å²) in [4.78, 5) is 33.1. The number of allylic oxidation sites excluding steroid dienone is 2. The fraction of sp³-hybridized carbons (Fsp3) is 0.200. The molecule has 0 aromatic heterocycles. The highest BCUT2D eigenvalue weighted by Crippen LogP contribution is 2.40. The average molecular weight is 336 g/mol. The molecule has 0 bridgehead atoms. The summed E-state index contributed by atoms with van der Waals surface area (Å²) in [6.07, 6.45) is 0. The molecule has 0 aliphatic carbocycles. The van der Waals surface area contributed by atoms with Crippen molar-refractivity contribution >= 4 is 17.6 Å². The zero-order valence-electron chi connectivity index (χ0n) is 12.7. The maximum atomic E-state index is 14.5. The molecule has 0 atom stereocenters. The van der Waals surface area contributed by atoms with Crippen LogP contribution in [0.3, 0.4) is 0 Å². The molecule has 1 aliphatic rings. The summed E-state index contributed by atoms with van der Waals surface area (Å²) in [5, 5.41) is 32.4. The van der Waals surface area contributed by atoms with Gasteiger partial charge >= 0.3 is 17.6 Å². The van der Waals surface area contributed by atoms with Gasteiger partial charge in [-0.2, -0.15) is 4.39 Å². The lowest BCUT2D eigenvalue weighted by Crippen LogP contribution is -2.31. The van der Waals surface area contributed by atoms with Crippen LogP contribution >= 0.6 is 0 Å². The molecular formula is C15H13FN2O6. The van der Waals surface area contributed by atoms with Crippen LogP contribution in [-0.4, -0.2) is 27.1 Å². The molecule has 0 radical (unpaired) electrons. The van der Waals surface area contributed by atoms with Crippen LogP contribution in [0.5, 0.6) is 0 Å². The Balaban J connectivity index is 2.81. The van der Waals surface area contributed by atoms with Gasteiger partial charge in [-0.05, 0) is 13.8 Å². The predicted molar refractivity (Wildman–Crippen MR) is 79.6 cm³/mol. The molecule has 1 aromatic rings. The third-order valence-electron chi connectivity index (χ3n) is 3.74. The van der Waals surface area contributed by atoms with Crippen LogP contribution < -0.4 is 5.32 Å². The number of benzene rings is 1. The highest BCUT2D eigenvalue weighted by molar-refractivity contribution is 5.98.